The molecule has 0 radical (unpaired) electrons. The summed E-state index contributed by atoms with van der Waals surface area (Å²) in [5.74, 6) is 3.16. The predicted octanol–water partition coefficient (Wildman–Crippen LogP) is 3.54. The van der Waals surface area contributed by atoms with Crippen LogP contribution in [0.25, 0.3) is 10.8 Å². The molecular formula is C17H17N3OS2. The van der Waals surface area contributed by atoms with Gasteiger partial charge in [0.1, 0.15) is 5.01 Å². The summed E-state index contributed by atoms with van der Waals surface area (Å²) in [6.45, 7) is 0.446. The van der Waals surface area contributed by atoms with Gasteiger partial charge in [0, 0.05) is 16.5 Å². The van der Waals surface area contributed by atoms with Crippen molar-refractivity contribution in [1.29, 1.82) is 0 Å². The number of aromatic nitrogens is 3. The monoisotopic (exact) mass is 343 g/mol. The number of thiazole rings is 1. The number of thioether (sulfide) groups is 1. The fourth-order valence-electron chi connectivity index (χ4n) is 2.47. The summed E-state index contributed by atoms with van der Waals surface area (Å²) in [7, 11) is 0. The number of fused-ring (bicyclic) bond motifs is 1. The van der Waals surface area contributed by atoms with Crippen molar-refractivity contribution in [3.63, 3.8) is 0 Å². The van der Waals surface area contributed by atoms with Gasteiger partial charge in [0.15, 0.2) is 0 Å². The largest absolute Gasteiger partial charge is 0.275 e. The van der Waals surface area contributed by atoms with Crippen molar-refractivity contribution in [3.8, 4) is 0 Å². The second-order valence-electron chi connectivity index (χ2n) is 5.89. The van der Waals surface area contributed by atoms with Crippen LogP contribution in [0.15, 0.2) is 40.6 Å². The molecule has 2 aromatic heterocycles. The summed E-state index contributed by atoms with van der Waals surface area (Å²) in [5.41, 5.74) is 1.06. The molecule has 4 nitrogen and oxygen atoms in total. The fourth-order valence-corrected chi connectivity index (χ4v) is 4.49. The minimum atomic E-state index is -0.0528. The summed E-state index contributed by atoms with van der Waals surface area (Å²) in [5, 5.41) is 8.90. The van der Waals surface area contributed by atoms with E-state index in [1.807, 2.05) is 36.0 Å². The van der Waals surface area contributed by atoms with Gasteiger partial charge in [-0.3, -0.25) is 4.79 Å². The molecule has 0 N–H and O–H groups in total. The Labute approximate surface area is 142 Å². The Balaban J connectivity index is 1.48. The summed E-state index contributed by atoms with van der Waals surface area (Å²) in [6, 6.07) is 7.55. The lowest BCUT2D eigenvalue weighted by atomic mass is 10.2. The topological polar surface area (TPSA) is 47.8 Å². The molecule has 4 rings (SSSR count). The first kappa shape index (κ1) is 14.9. The zero-order valence-electron chi connectivity index (χ0n) is 12.6. The molecule has 0 atom stereocenters. The Hall–Kier alpha value is -1.66. The lowest BCUT2D eigenvalue weighted by molar-refractivity contribution is 0.644. The molecule has 1 aliphatic rings. The highest BCUT2D eigenvalue weighted by molar-refractivity contribution is 7.98. The second kappa shape index (κ2) is 6.45. The molecule has 118 valence electrons. The standard InChI is InChI=1S/C17H17N3OS2/c21-17-15-4-2-1-3-13(15)7-18-20(17)8-16-19-14(11-23-16)10-22-9-12-5-6-12/h1-4,7,11-12H,5-6,8-10H2. The van der Waals surface area contributed by atoms with Crippen molar-refractivity contribution in [1.82, 2.24) is 14.8 Å². The lowest BCUT2D eigenvalue weighted by Crippen LogP contribution is -2.23. The Morgan fingerprint density at radius 2 is 2.17 bits per heavy atom. The van der Waals surface area contributed by atoms with Crippen LogP contribution < -0.4 is 5.56 Å². The number of hydrogen-bond donors (Lipinski definition) is 0. The van der Waals surface area contributed by atoms with Gasteiger partial charge < -0.3 is 0 Å². The average molecular weight is 343 g/mol. The van der Waals surface area contributed by atoms with Gasteiger partial charge in [0.2, 0.25) is 0 Å². The lowest BCUT2D eigenvalue weighted by Gasteiger charge is -2.03. The first-order valence-corrected chi connectivity index (χ1v) is 9.79. The van der Waals surface area contributed by atoms with Crippen LogP contribution in [-0.2, 0) is 12.3 Å². The maximum atomic E-state index is 12.5. The van der Waals surface area contributed by atoms with Crippen LogP contribution in [0.2, 0.25) is 0 Å². The van der Waals surface area contributed by atoms with Gasteiger partial charge in [-0.25, -0.2) is 9.67 Å². The Morgan fingerprint density at radius 3 is 3.04 bits per heavy atom. The smallest absolute Gasteiger partial charge is 0.267 e. The van der Waals surface area contributed by atoms with E-state index in [9.17, 15) is 4.79 Å². The van der Waals surface area contributed by atoms with E-state index in [0.29, 0.717) is 11.9 Å². The molecule has 6 heteroatoms. The van der Waals surface area contributed by atoms with Gasteiger partial charge in [-0.05, 0) is 30.6 Å². The molecule has 1 aliphatic carbocycles. The van der Waals surface area contributed by atoms with E-state index < -0.39 is 0 Å². The first-order chi connectivity index (χ1) is 11.3. The van der Waals surface area contributed by atoms with Crippen LogP contribution in [0.4, 0.5) is 0 Å². The van der Waals surface area contributed by atoms with E-state index in [4.69, 9.17) is 0 Å². The third kappa shape index (κ3) is 3.48. The van der Waals surface area contributed by atoms with E-state index in [1.54, 1.807) is 17.5 Å². The minimum absolute atomic E-state index is 0.0528. The van der Waals surface area contributed by atoms with E-state index in [2.05, 4.69) is 15.5 Å². The van der Waals surface area contributed by atoms with Gasteiger partial charge in [-0.2, -0.15) is 16.9 Å². The normalized spacial score (nSPS) is 14.4. The number of benzene rings is 1. The van der Waals surface area contributed by atoms with Gasteiger partial charge in [-0.1, -0.05) is 18.2 Å². The summed E-state index contributed by atoms with van der Waals surface area (Å²) in [6.07, 6.45) is 4.54. The molecule has 0 saturated heterocycles. The average Bonchev–Trinajstić information content (AvgIpc) is 3.29. The summed E-state index contributed by atoms with van der Waals surface area (Å²) < 4.78 is 1.50. The zero-order valence-corrected chi connectivity index (χ0v) is 14.3. The van der Waals surface area contributed by atoms with Crippen LogP contribution in [0.3, 0.4) is 0 Å². The third-order valence-electron chi connectivity index (χ3n) is 3.95. The van der Waals surface area contributed by atoms with Gasteiger partial charge in [0.05, 0.1) is 23.8 Å². The molecule has 0 bridgehead atoms. The van der Waals surface area contributed by atoms with Crippen LogP contribution in [0, 0.1) is 5.92 Å². The van der Waals surface area contributed by atoms with E-state index in [0.717, 1.165) is 27.8 Å². The molecular weight excluding hydrogens is 326 g/mol. The van der Waals surface area contributed by atoms with E-state index in [-0.39, 0.29) is 5.56 Å². The van der Waals surface area contributed by atoms with Gasteiger partial charge >= 0.3 is 0 Å². The van der Waals surface area contributed by atoms with Gasteiger partial charge in [0.25, 0.3) is 5.56 Å². The third-order valence-corrected chi connectivity index (χ3v) is 6.04. The summed E-state index contributed by atoms with van der Waals surface area (Å²) in [4.78, 5) is 17.1. The number of nitrogens with zero attached hydrogens (tertiary/aromatic N) is 3. The van der Waals surface area contributed by atoms with E-state index in [1.165, 1.54) is 23.3 Å². The molecule has 0 spiro atoms. The predicted molar refractivity (Wildman–Crippen MR) is 96.1 cm³/mol. The fraction of sp³-hybridized carbons (Fsp3) is 0.353. The Morgan fingerprint density at radius 1 is 1.30 bits per heavy atom. The van der Waals surface area contributed by atoms with Crippen molar-refractivity contribution < 1.29 is 0 Å². The number of hydrogen-bond acceptors (Lipinski definition) is 5. The highest BCUT2D eigenvalue weighted by Crippen LogP contribution is 2.33. The minimum Gasteiger partial charge on any atom is -0.267 e. The molecule has 23 heavy (non-hydrogen) atoms. The molecule has 0 amide bonds. The number of rotatable bonds is 6. The molecule has 0 unspecified atom stereocenters. The Kier molecular flexibility index (Phi) is 4.18. The van der Waals surface area contributed by atoms with Crippen LogP contribution >= 0.6 is 23.1 Å². The van der Waals surface area contributed by atoms with E-state index >= 15 is 0 Å². The van der Waals surface area contributed by atoms with Crippen LogP contribution in [-0.4, -0.2) is 20.5 Å². The molecule has 2 heterocycles. The SMILES string of the molecule is O=c1c2ccccc2cnn1Cc1nc(CSCC2CC2)cs1. The van der Waals surface area contributed by atoms with Crippen molar-refractivity contribution >= 4 is 33.9 Å². The maximum Gasteiger partial charge on any atom is 0.275 e. The molecule has 1 fully saturated rings. The van der Waals surface area contributed by atoms with Crippen LogP contribution in [0.5, 0.6) is 0 Å². The molecule has 0 aliphatic heterocycles. The molecule has 3 aromatic rings. The van der Waals surface area contributed by atoms with Crippen molar-refractivity contribution in [2.75, 3.05) is 5.75 Å². The van der Waals surface area contributed by atoms with Crippen LogP contribution in [0.1, 0.15) is 23.5 Å². The quantitative estimate of drug-likeness (QED) is 0.687. The second-order valence-corrected chi connectivity index (χ2v) is 7.86. The first-order valence-electron chi connectivity index (χ1n) is 7.75. The summed E-state index contributed by atoms with van der Waals surface area (Å²) >= 11 is 3.57. The Bertz CT molecular complexity index is 883. The highest BCUT2D eigenvalue weighted by Gasteiger charge is 2.20. The maximum absolute atomic E-state index is 12.5. The van der Waals surface area contributed by atoms with Gasteiger partial charge in [-0.15, -0.1) is 11.3 Å². The zero-order chi connectivity index (χ0) is 15.6. The van der Waals surface area contributed by atoms with Crippen molar-refractivity contribution in [3.05, 3.63) is 56.9 Å². The van der Waals surface area contributed by atoms with Crippen molar-refractivity contribution in [2.24, 2.45) is 5.92 Å². The van der Waals surface area contributed by atoms with Crippen molar-refractivity contribution in [2.45, 2.75) is 25.1 Å². The molecule has 1 saturated carbocycles. The highest BCUT2D eigenvalue weighted by atomic mass is 32.2. The molecule has 1 aromatic carbocycles.